The highest BCUT2D eigenvalue weighted by atomic mass is 32.2. The fourth-order valence-electron chi connectivity index (χ4n) is 1.59. The quantitative estimate of drug-likeness (QED) is 0.644. The monoisotopic (exact) mass is 297 g/mol. The lowest BCUT2D eigenvalue weighted by Crippen LogP contribution is -2.24. The van der Waals surface area contributed by atoms with Crippen LogP contribution in [0.5, 0.6) is 5.75 Å². The number of amidine groups is 1. The molecular formula is C13H19N3O3S. The summed E-state index contributed by atoms with van der Waals surface area (Å²) in [7, 11) is 3.04. The van der Waals surface area contributed by atoms with Crippen LogP contribution in [0.15, 0.2) is 23.2 Å². The molecule has 0 aliphatic rings. The van der Waals surface area contributed by atoms with E-state index in [1.807, 2.05) is 6.92 Å². The van der Waals surface area contributed by atoms with Gasteiger partial charge in [-0.1, -0.05) is 18.7 Å². The minimum atomic E-state index is -0.998. The normalized spacial score (nSPS) is 11.2. The second-order valence-corrected chi connectivity index (χ2v) is 5.30. The third-order valence-electron chi connectivity index (χ3n) is 2.53. The number of carboxylic acid groups (broad SMARTS) is 1. The molecule has 0 aliphatic heterocycles. The number of hydrogen-bond acceptors (Lipinski definition) is 4. The summed E-state index contributed by atoms with van der Waals surface area (Å²) < 4.78 is 5.23. The Morgan fingerprint density at radius 3 is 2.80 bits per heavy atom. The first-order valence-electron chi connectivity index (χ1n) is 6.05. The molecule has 1 amide bonds. The average molecular weight is 297 g/mol. The molecule has 1 aromatic rings. The van der Waals surface area contributed by atoms with Gasteiger partial charge >= 0.3 is 6.09 Å². The molecule has 3 N–H and O–H groups in total. The van der Waals surface area contributed by atoms with Gasteiger partial charge in [0.15, 0.2) is 5.17 Å². The van der Waals surface area contributed by atoms with E-state index in [9.17, 15) is 4.79 Å². The van der Waals surface area contributed by atoms with Gasteiger partial charge in [-0.25, -0.2) is 9.79 Å². The number of rotatable bonds is 5. The Morgan fingerprint density at radius 2 is 2.25 bits per heavy atom. The highest BCUT2D eigenvalue weighted by molar-refractivity contribution is 8.13. The van der Waals surface area contributed by atoms with E-state index in [0.717, 1.165) is 11.3 Å². The summed E-state index contributed by atoms with van der Waals surface area (Å²) in [6, 6.07) is 5.32. The van der Waals surface area contributed by atoms with E-state index in [0.29, 0.717) is 16.6 Å². The van der Waals surface area contributed by atoms with Gasteiger partial charge in [-0.2, -0.15) is 0 Å². The maximum absolute atomic E-state index is 10.9. The van der Waals surface area contributed by atoms with Crippen molar-refractivity contribution in [1.82, 2.24) is 4.90 Å². The standard InChI is InChI=1S/C13H19N3O3S/c1-4-20-12(14)15-10-5-6-11(19-3)9(7-10)8-16(2)13(17)18/h5-7H,4,8H2,1-3H3,(H2,14,15)(H,17,18). The predicted octanol–water partition coefficient (Wildman–Crippen LogP) is 2.50. The number of ether oxygens (including phenoxy) is 1. The molecule has 7 heteroatoms. The highest BCUT2D eigenvalue weighted by Crippen LogP contribution is 2.26. The van der Waals surface area contributed by atoms with Crippen LogP contribution in [-0.2, 0) is 6.54 Å². The van der Waals surface area contributed by atoms with Gasteiger partial charge in [-0.15, -0.1) is 0 Å². The second kappa shape index (κ2) is 7.64. The van der Waals surface area contributed by atoms with Crippen LogP contribution in [0.3, 0.4) is 0 Å². The summed E-state index contributed by atoms with van der Waals surface area (Å²) in [6.45, 7) is 2.22. The van der Waals surface area contributed by atoms with Gasteiger partial charge in [-0.05, 0) is 24.0 Å². The van der Waals surface area contributed by atoms with E-state index in [2.05, 4.69) is 4.99 Å². The number of benzene rings is 1. The molecule has 0 saturated carbocycles. The van der Waals surface area contributed by atoms with E-state index in [1.165, 1.54) is 23.7 Å². The number of aliphatic imine (C=N–C) groups is 1. The first kappa shape index (κ1) is 16.2. The lowest BCUT2D eigenvalue weighted by atomic mass is 10.1. The summed E-state index contributed by atoms with van der Waals surface area (Å²) >= 11 is 1.45. The molecular weight excluding hydrogens is 278 g/mol. The average Bonchev–Trinajstić information content (AvgIpc) is 2.39. The maximum Gasteiger partial charge on any atom is 0.407 e. The largest absolute Gasteiger partial charge is 0.496 e. The summed E-state index contributed by atoms with van der Waals surface area (Å²) in [5.74, 6) is 1.47. The van der Waals surface area contributed by atoms with Crippen molar-refractivity contribution in [2.45, 2.75) is 13.5 Å². The molecule has 0 aromatic heterocycles. The number of thioether (sulfide) groups is 1. The van der Waals surface area contributed by atoms with Crippen molar-refractivity contribution < 1.29 is 14.6 Å². The Bertz CT molecular complexity index is 506. The number of amides is 1. The summed E-state index contributed by atoms with van der Waals surface area (Å²) in [6.07, 6.45) is -0.998. The Balaban J connectivity index is 3.02. The van der Waals surface area contributed by atoms with Crippen molar-refractivity contribution in [3.8, 4) is 5.75 Å². The van der Waals surface area contributed by atoms with Crippen LogP contribution in [0.2, 0.25) is 0 Å². The molecule has 0 aliphatic carbocycles. The number of nitrogens with zero attached hydrogens (tertiary/aromatic N) is 2. The SMILES string of the molecule is CCSC(N)=Nc1ccc(OC)c(CN(C)C(=O)O)c1. The van der Waals surface area contributed by atoms with Gasteiger partial charge in [0, 0.05) is 12.6 Å². The molecule has 0 fully saturated rings. The smallest absolute Gasteiger partial charge is 0.407 e. The van der Waals surface area contributed by atoms with Crippen molar-refractivity contribution >= 4 is 28.7 Å². The Kier molecular flexibility index (Phi) is 6.17. The van der Waals surface area contributed by atoms with Gasteiger partial charge in [0.25, 0.3) is 0 Å². The van der Waals surface area contributed by atoms with Crippen molar-refractivity contribution in [3.63, 3.8) is 0 Å². The lowest BCUT2D eigenvalue weighted by Gasteiger charge is -2.15. The summed E-state index contributed by atoms with van der Waals surface area (Å²) in [5, 5.41) is 9.41. The first-order chi connectivity index (χ1) is 9.47. The van der Waals surface area contributed by atoms with Gasteiger partial charge in [-0.3, -0.25) is 0 Å². The molecule has 0 unspecified atom stereocenters. The fraction of sp³-hybridized carbons (Fsp3) is 0.385. The van der Waals surface area contributed by atoms with Gasteiger partial charge in [0.05, 0.1) is 19.3 Å². The topological polar surface area (TPSA) is 88.2 Å². The second-order valence-electron chi connectivity index (χ2n) is 4.02. The summed E-state index contributed by atoms with van der Waals surface area (Å²) in [4.78, 5) is 16.3. The summed E-state index contributed by atoms with van der Waals surface area (Å²) in [5.41, 5.74) is 7.19. The van der Waals surface area contributed by atoms with Gasteiger partial charge in [0.2, 0.25) is 0 Å². The van der Waals surface area contributed by atoms with Crippen molar-refractivity contribution in [3.05, 3.63) is 23.8 Å². The molecule has 0 spiro atoms. The van der Waals surface area contributed by atoms with Crippen molar-refractivity contribution in [2.75, 3.05) is 19.9 Å². The van der Waals surface area contributed by atoms with E-state index in [4.69, 9.17) is 15.6 Å². The Hall–Kier alpha value is -1.89. The van der Waals surface area contributed by atoms with Crippen LogP contribution < -0.4 is 10.5 Å². The van der Waals surface area contributed by atoms with Crippen LogP contribution in [0.1, 0.15) is 12.5 Å². The minimum absolute atomic E-state index is 0.225. The zero-order valence-electron chi connectivity index (χ0n) is 11.8. The molecule has 110 valence electrons. The molecule has 1 rings (SSSR count). The lowest BCUT2D eigenvalue weighted by molar-refractivity contribution is 0.153. The Morgan fingerprint density at radius 1 is 1.55 bits per heavy atom. The molecule has 0 saturated heterocycles. The van der Waals surface area contributed by atoms with E-state index in [-0.39, 0.29) is 6.54 Å². The van der Waals surface area contributed by atoms with E-state index in [1.54, 1.807) is 25.3 Å². The molecule has 20 heavy (non-hydrogen) atoms. The van der Waals surface area contributed by atoms with Gasteiger partial charge in [0.1, 0.15) is 5.75 Å². The van der Waals surface area contributed by atoms with Crippen LogP contribution in [0.4, 0.5) is 10.5 Å². The Labute approximate surface area is 122 Å². The fourth-order valence-corrected chi connectivity index (χ4v) is 2.05. The molecule has 1 aromatic carbocycles. The first-order valence-corrected chi connectivity index (χ1v) is 7.04. The zero-order chi connectivity index (χ0) is 15.1. The molecule has 0 radical (unpaired) electrons. The highest BCUT2D eigenvalue weighted by Gasteiger charge is 2.11. The van der Waals surface area contributed by atoms with Crippen LogP contribution in [-0.4, -0.2) is 41.2 Å². The minimum Gasteiger partial charge on any atom is -0.496 e. The molecule has 0 atom stereocenters. The number of carbonyl (C=O) groups is 1. The van der Waals surface area contributed by atoms with Crippen molar-refractivity contribution in [1.29, 1.82) is 0 Å². The zero-order valence-corrected chi connectivity index (χ0v) is 12.6. The third kappa shape index (κ3) is 4.65. The van der Waals surface area contributed by atoms with Crippen LogP contribution in [0.25, 0.3) is 0 Å². The maximum atomic E-state index is 10.9. The molecule has 0 heterocycles. The predicted molar refractivity (Wildman–Crippen MR) is 81.9 cm³/mol. The third-order valence-corrected chi connectivity index (χ3v) is 3.21. The van der Waals surface area contributed by atoms with E-state index < -0.39 is 6.09 Å². The number of nitrogens with two attached hydrogens (primary N) is 1. The number of methoxy groups -OCH3 is 1. The van der Waals surface area contributed by atoms with Gasteiger partial charge < -0.3 is 20.5 Å². The molecule has 0 bridgehead atoms. The van der Waals surface area contributed by atoms with Crippen molar-refractivity contribution in [2.24, 2.45) is 10.7 Å². The van der Waals surface area contributed by atoms with E-state index >= 15 is 0 Å². The van der Waals surface area contributed by atoms with Crippen LogP contribution >= 0.6 is 11.8 Å². The number of hydrogen-bond donors (Lipinski definition) is 2. The van der Waals surface area contributed by atoms with Crippen LogP contribution in [0, 0.1) is 0 Å². The molecule has 6 nitrogen and oxygen atoms in total.